The largest absolute Gasteiger partial charge is 0.550 e. The van der Waals surface area contributed by atoms with Crippen molar-refractivity contribution in [2.45, 2.75) is 6.42 Å². The smallest absolute Gasteiger partial charge is 0.119 e. The summed E-state index contributed by atoms with van der Waals surface area (Å²) >= 11 is 0. The molecule has 1 rings (SSSR count). The molecule has 0 spiro atoms. The second-order valence-electron chi connectivity index (χ2n) is 2.18. The van der Waals surface area contributed by atoms with Crippen LogP contribution < -0.4 is 5.11 Å². The van der Waals surface area contributed by atoms with Gasteiger partial charge in [0.1, 0.15) is 5.75 Å². The third-order valence-corrected chi connectivity index (χ3v) is 1.33. The molecule has 58 valence electrons. The van der Waals surface area contributed by atoms with Gasteiger partial charge in [-0.2, -0.15) is 0 Å². The Balaban J connectivity index is 2.86. The third-order valence-electron chi connectivity index (χ3n) is 1.33. The molecule has 1 aromatic carbocycles. The zero-order valence-corrected chi connectivity index (χ0v) is 5.78. The van der Waals surface area contributed by atoms with Gasteiger partial charge in [0.15, 0.2) is 0 Å². The van der Waals surface area contributed by atoms with E-state index in [0.29, 0.717) is 5.56 Å². The van der Waals surface area contributed by atoms with Crippen LogP contribution in [0.2, 0.25) is 0 Å². The van der Waals surface area contributed by atoms with Crippen LogP contribution >= 0.6 is 0 Å². The van der Waals surface area contributed by atoms with Gasteiger partial charge in [-0.05, 0) is 11.6 Å². The van der Waals surface area contributed by atoms with Gasteiger partial charge in [0.25, 0.3) is 0 Å². The van der Waals surface area contributed by atoms with E-state index in [2.05, 4.69) is 0 Å². The second kappa shape index (κ2) is 3.05. The van der Waals surface area contributed by atoms with Crippen molar-refractivity contribution in [1.82, 2.24) is 0 Å². The maximum Gasteiger partial charge on any atom is 0.119 e. The minimum Gasteiger partial charge on any atom is -0.550 e. The van der Waals surface area contributed by atoms with E-state index >= 15 is 0 Å². The van der Waals surface area contributed by atoms with Crippen LogP contribution in [0, 0.1) is 0 Å². The highest BCUT2D eigenvalue weighted by Gasteiger charge is 1.97. The number of carboxylic acid groups (broad SMARTS) is 1. The summed E-state index contributed by atoms with van der Waals surface area (Å²) in [5.41, 5.74) is 0.382. The van der Waals surface area contributed by atoms with Crippen LogP contribution in [0.5, 0.6) is 5.75 Å². The summed E-state index contributed by atoms with van der Waals surface area (Å²) in [4.78, 5) is 10.1. The number of hydrogen-bond donors (Lipinski definition) is 1. The van der Waals surface area contributed by atoms with Crippen LogP contribution in [0.3, 0.4) is 0 Å². The Morgan fingerprint density at radius 1 is 1.45 bits per heavy atom. The Labute approximate surface area is 63.9 Å². The maximum atomic E-state index is 10.1. The zero-order valence-electron chi connectivity index (χ0n) is 5.78. The first kappa shape index (κ1) is 7.60. The van der Waals surface area contributed by atoms with Crippen LogP contribution in [0.4, 0.5) is 0 Å². The number of carboxylic acids is 1. The molecule has 0 fully saturated rings. The SMILES string of the molecule is O=C([O-])Cc1ccccc1O. The summed E-state index contributed by atoms with van der Waals surface area (Å²) < 4.78 is 0. The molecular formula is C8H7O3-. The summed E-state index contributed by atoms with van der Waals surface area (Å²) in [7, 11) is 0. The predicted molar refractivity (Wildman–Crippen MR) is 36.8 cm³/mol. The quantitative estimate of drug-likeness (QED) is 0.630. The second-order valence-corrected chi connectivity index (χ2v) is 2.18. The first-order chi connectivity index (χ1) is 5.20. The number of para-hydroxylation sites is 1. The summed E-state index contributed by atoms with van der Waals surface area (Å²) in [6.07, 6.45) is -0.243. The molecule has 0 heterocycles. The molecule has 0 unspecified atom stereocenters. The normalized spacial score (nSPS) is 9.45. The van der Waals surface area contributed by atoms with Gasteiger partial charge in [-0.3, -0.25) is 0 Å². The number of hydrogen-bond acceptors (Lipinski definition) is 3. The molecule has 0 aromatic heterocycles. The van der Waals surface area contributed by atoms with Gasteiger partial charge in [0.05, 0.1) is 0 Å². The lowest BCUT2D eigenvalue weighted by Crippen LogP contribution is -2.24. The fourth-order valence-corrected chi connectivity index (χ4v) is 0.816. The highest BCUT2D eigenvalue weighted by Crippen LogP contribution is 2.15. The Bertz CT molecular complexity index is 268. The van der Waals surface area contributed by atoms with Crippen molar-refractivity contribution in [3.8, 4) is 5.75 Å². The molecule has 1 aromatic rings. The van der Waals surface area contributed by atoms with E-state index in [-0.39, 0.29) is 12.2 Å². The van der Waals surface area contributed by atoms with Crippen molar-refractivity contribution in [1.29, 1.82) is 0 Å². The molecule has 3 heteroatoms. The molecule has 3 nitrogen and oxygen atoms in total. The summed E-state index contributed by atoms with van der Waals surface area (Å²) in [5, 5.41) is 19.2. The van der Waals surface area contributed by atoms with E-state index < -0.39 is 5.97 Å². The fourth-order valence-electron chi connectivity index (χ4n) is 0.816. The van der Waals surface area contributed by atoms with Crippen molar-refractivity contribution in [3.63, 3.8) is 0 Å². The number of carbonyl (C=O) groups excluding carboxylic acids is 1. The van der Waals surface area contributed by atoms with Gasteiger partial charge < -0.3 is 15.0 Å². The molecule has 0 atom stereocenters. The monoisotopic (exact) mass is 151 g/mol. The maximum absolute atomic E-state index is 10.1. The van der Waals surface area contributed by atoms with E-state index in [4.69, 9.17) is 5.11 Å². The highest BCUT2D eigenvalue weighted by molar-refractivity contribution is 5.69. The molecule has 0 radical (unpaired) electrons. The van der Waals surface area contributed by atoms with E-state index in [1.165, 1.54) is 6.07 Å². The number of phenolic OH excluding ortho intramolecular Hbond substituents is 1. The minimum atomic E-state index is -1.19. The number of phenols is 1. The average Bonchev–Trinajstić information content (AvgIpc) is 1.93. The van der Waals surface area contributed by atoms with E-state index in [0.717, 1.165) is 0 Å². The van der Waals surface area contributed by atoms with E-state index in [9.17, 15) is 9.90 Å². The van der Waals surface area contributed by atoms with Crippen molar-refractivity contribution in [2.75, 3.05) is 0 Å². The number of aromatic hydroxyl groups is 1. The van der Waals surface area contributed by atoms with Gasteiger partial charge in [-0.15, -0.1) is 0 Å². The molecule has 0 bridgehead atoms. The van der Waals surface area contributed by atoms with Crippen molar-refractivity contribution < 1.29 is 15.0 Å². The first-order valence-electron chi connectivity index (χ1n) is 3.17. The van der Waals surface area contributed by atoms with Gasteiger partial charge >= 0.3 is 0 Å². The molecule has 0 saturated carbocycles. The molecule has 0 aliphatic carbocycles. The minimum absolute atomic E-state index is 0.00306. The average molecular weight is 151 g/mol. The van der Waals surface area contributed by atoms with Crippen LogP contribution in [-0.4, -0.2) is 11.1 Å². The number of carbonyl (C=O) groups is 1. The Hall–Kier alpha value is -1.51. The molecule has 1 N–H and O–H groups in total. The number of rotatable bonds is 2. The van der Waals surface area contributed by atoms with Crippen molar-refractivity contribution in [3.05, 3.63) is 29.8 Å². The highest BCUT2D eigenvalue weighted by atomic mass is 16.4. The molecule has 0 amide bonds. The zero-order chi connectivity index (χ0) is 8.27. The Morgan fingerprint density at radius 3 is 2.64 bits per heavy atom. The predicted octanol–water partition coefficient (Wildman–Crippen LogP) is -0.315. The lowest BCUT2D eigenvalue weighted by atomic mass is 10.1. The number of aliphatic carboxylic acids is 1. The van der Waals surface area contributed by atoms with Crippen LogP contribution in [0.15, 0.2) is 24.3 Å². The van der Waals surface area contributed by atoms with Gasteiger partial charge in [0.2, 0.25) is 0 Å². The van der Waals surface area contributed by atoms with Gasteiger partial charge in [-0.1, -0.05) is 18.2 Å². The Morgan fingerprint density at radius 2 is 2.09 bits per heavy atom. The van der Waals surface area contributed by atoms with Crippen molar-refractivity contribution >= 4 is 5.97 Å². The molecule has 0 aliphatic rings. The van der Waals surface area contributed by atoms with Gasteiger partial charge in [-0.25, -0.2) is 0 Å². The first-order valence-corrected chi connectivity index (χ1v) is 3.17. The number of benzene rings is 1. The lowest BCUT2D eigenvalue weighted by Gasteiger charge is -2.03. The fraction of sp³-hybridized carbons (Fsp3) is 0.125. The van der Waals surface area contributed by atoms with Crippen LogP contribution in [0.1, 0.15) is 5.56 Å². The summed E-state index contributed by atoms with van der Waals surface area (Å²) in [6, 6.07) is 6.29. The van der Waals surface area contributed by atoms with E-state index in [1.54, 1.807) is 18.2 Å². The summed E-state index contributed by atoms with van der Waals surface area (Å²) in [5.74, 6) is -1.19. The Kier molecular flexibility index (Phi) is 2.11. The standard InChI is InChI=1S/C8H8O3/c9-7-4-2-1-3-6(7)5-8(10)11/h1-4,9H,5H2,(H,10,11)/p-1. The van der Waals surface area contributed by atoms with Crippen LogP contribution in [-0.2, 0) is 11.2 Å². The van der Waals surface area contributed by atoms with E-state index in [1.807, 2.05) is 0 Å². The van der Waals surface area contributed by atoms with Crippen LogP contribution in [0.25, 0.3) is 0 Å². The lowest BCUT2D eigenvalue weighted by molar-refractivity contribution is -0.304. The topological polar surface area (TPSA) is 60.4 Å². The molecular weight excluding hydrogens is 144 g/mol. The van der Waals surface area contributed by atoms with Gasteiger partial charge in [0, 0.05) is 12.4 Å². The molecule has 0 aliphatic heterocycles. The molecule has 11 heavy (non-hydrogen) atoms. The summed E-state index contributed by atoms with van der Waals surface area (Å²) in [6.45, 7) is 0. The van der Waals surface area contributed by atoms with Crippen molar-refractivity contribution in [2.24, 2.45) is 0 Å². The molecule has 0 saturated heterocycles. The third kappa shape index (κ3) is 1.97.